The molecule has 1 atom stereocenters. The Kier molecular flexibility index (Phi) is 4.24. The molecule has 2 aliphatic rings. The van der Waals surface area contributed by atoms with Crippen LogP contribution in [0, 0.1) is 5.92 Å². The number of rotatable bonds is 3. The summed E-state index contributed by atoms with van der Waals surface area (Å²) in [5.41, 5.74) is 0. The average molecular weight is 293 g/mol. The monoisotopic (exact) mass is 293 g/mol. The van der Waals surface area contributed by atoms with Crippen LogP contribution in [0.5, 0.6) is 0 Å². The van der Waals surface area contributed by atoms with Gasteiger partial charge in [0.15, 0.2) is 5.82 Å². The Labute approximate surface area is 124 Å². The van der Waals surface area contributed by atoms with E-state index in [0.717, 1.165) is 50.7 Å². The average Bonchev–Trinajstić information content (AvgIpc) is 3.17. The Hall–Kier alpha value is -1.43. The zero-order valence-electron chi connectivity index (χ0n) is 12.7. The lowest BCUT2D eigenvalue weighted by molar-refractivity contribution is -0.135. The van der Waals surface area contributed by atoms with E-state index in [4.69, 9.17) is 9.26 Å². The van der Waals surface area contributed by atoms with Gasteiger partial charge in [0.1, 0.15) is 0 Å². The van der Waals surface area contributed by atoms with E-state index in [0.29, 0.717) is 6.61 Å². The second-order valence-corrected chi connectivity index (χ2v) is 6.31. The zero-order chi connectivity index (χ0) is 14.8. The number of likely N-dealkylation sites (tertiary alicyclic amines) is 1. The molecule has 0 saturated carbocycles. The van der Waals surface area contributed by atoms with E-state index in [1.54, 1.807) is 0 Å². The summed E-state index contributed by atoms with van der Waals surface area (Å²) in [7, 11) is 0. The van der Waals surface area contributed by atoms with E-state index in [9.17, 15) is 4.79 Å². The van der Waals surface area contributed by atoms with Crippen LogP contribution in [0.15, 0.2) is 4.52 Å². The first-order valence-corrected chi connectivity index (χ1v) is 7.85. The normalized spacial score (nSPS) is 24.0. The van der Waals surface area contributed by atoms with Crippen LogP contribution < -0.4 is 0 Å². The molecular formula is C15H23N3O3. The molecule has 0 bridgehead atoms. The smallest absolute Gasteiger partial charge is 0.229 e. The quantitative estimate of drug-likeness (QED) is 0.852. The molecule has 6 heteroatoms. The molecule has 0 radical (unpaired) electrons. The summed E-state index contributed by atoms with van der Waals surface area (Å²) in [6.45, 7) is 6.94. The van der Waals surface area contributed by atoms with Crippen LogP contribution in [0.4, 0.5) is 0 Å². The van der Waals surface area contributed by atoms with Gasteiger partial charge in [-0.2, -0.15) is 4.98 Å². The first kappa shape index (κ1) is 14.5. The number of ether oxygens (including phenoxy) is 1. The summed E-state index contributed by atoms with van der Waals surface area (Å²) in [5.74, 6) is 2.38. The third-order valence-corrected chi connectivity index (χ3v) is 4.40. The van der Waals surface area contributed by atoms with Gasteiger partial charge in [-0.15, -0.1) is 0 Å². The minimum absolute atomic E-state index is 0.0684. The third-order valence-electron chi connectivity index (χ3n) is 4.40. The van der Waals surface area contributed by atoms with Gasteiger partial charge >= 0.3 is 0 Å². The Morgan fingerprint density at radius 1 is 1.24 bits per heavy atom. The van der Waals surface area contributed by atoms with E-state index in [2.05, 4.69) is 10.1 Å². The molecule has 0 aliphatic carbocycles. The van der Waals surface area contributed by atoms with Crippen LogP contribution in [0.1, 0.15) is 56.7 Å². The highest BCUT2D eigenvalue weighted by Gasteiger charge is 2.30. The Balaban J connectivity index is 1.58. The number of nitrogens with zero attached hydrogens (tertiary/aromatic N) is 3. The number of hydrogen-bond donors (Lipinski definition) is 0. The largest absolute Gasteiger partial charge is 0.381 e. The van der Waals surface area contributed by atoms with E-state index in [1.165, 1.54) is 0 Å². The molecule has 0 spiro atoms. The Morgan fingerprint density at radius 3 is 2.62 bits per heavy atom. The highest BCUT2D eigenvalue weighted by atomic mass is 16.5. The van der Waals surface area contributed by atoms with Gasteiger partial charge in [-0.05, 0) is 19.3 Å². The summed E-state index contributed by atoms with van der Waals surface area (Å²) in [5, 5.41) is 4.11. The van der Waals surface area contributed by atoms with Crippen molar-refractivity contribution in [2.45, 2.75) is 44.9 Å². The van der Waals surface area contributed by atoms with Crippen molar-refractivity contribution in [2.75, 3.05) is 26.3 Å². The number of carbonyl (C=O) groups is 1. The molecule has 3 rings (SSSR count). The first-order chi connectivity index (χ1) is 10.1. The van der Waals surface area contributed by atoms with E-state index in [-0.39, 0.29) is 23.7 Å². The standard InChI is InChI=1S/C15H23N3O3/c1-10(2)15(19)18-6-3-11(4-7-18)14-16-13(17-21-14)12-5-8-20-9-12/h10-12H,3-9H2,1-2H3/t12-/m0/s1. The number of amides is 1. The minimum Gasteiger partial charge on any atom is -0.381 e. The van der Waals surface area contributed by atoms with Gasteiger partial charge in [0.25, 0.3) is 0 Å². The lowest BCUT2D eigenvalue weighted by Gasteiger charge is -2.31. The predicted molar refractivity (Wildman–Crippen MR) is 75.9 cm³/mol. The van der Waals surface area contributed by atoms with Crippen LogP contribution in [-0.4, -0.2) is 47.3 Å². The molecule has 2 fully saturated rings. The topological polar surface area (TPSA) is 68.5 Å². The maximum atomic E-state index is 12.0. The number of aromatic nitrogens is 2. The molecule has 0 aromatic carbocycles. The van der Waals surface area contributed by atoms with Crippen LogP contribution in [-0.2, 0) is 9.53 Å². The summed E-state index contributed by atoms with van der Waals surface area (Å²) in [4.78, 5) is 18.5. The SMILES string of the molecule is CC(C)C(=O)N1CCC(c2nc([C@H]3CCOC3)no2)CC1. The fourth-order valence-electron chi connectivity index (χ4n) is 3.03. The van der Waals surface area contributed by atoms with Gasteiger partial charge < -0.3 is 14.2 Å². The zero-order valence-corrected chi connectivity index (χ0v) is 12.7. The van der Waals surface area contributed by atoms with E-state index < -0.39 is 0 Å². The lowest BCUT2D eigenvalue weighted by atomic mass is 9.96. The maximum Gasteiger partial charge on any atom is 0.229 e. The number of piperidine rings is 1. The van der Waals surface area contributed by atoms with Gasteiger partial charge in [0.05, 0.1) is 6.61 Å². The third kappa shape index (κ3) is 3.10. The summed E-state index contributed by atoms with van der Waals surface area (Å²) >= 11 is 0. The van der Waals surface area contributed by atoms with Crippen molar-refractivity contribution in [1.29, 1.82) is 0 Å². The molecule has 116 valence electrons. The molecule has 1 amide bonds. The van der Waals surface area contributed by atoms with E-state index >= 15 is 0 Å². The summed E-state index contributed by atoms with van der Waals surface area (Å²) < 4.78 is 10.8. The molecule has 6 nitrogen and oxygen atoms in total. The van der Waals surface area contributed by atoms with Crippen molar-refractivity contribution >= 4 is 5.91 Å². The van der Waals surface area contributed by atoms with Crippen LogP contribution in [0.3, 0.4) is 0 Å². The molecule has 2 saturated heterocycles. The molecule has 3 heterocycles. The predicted octanol–water partition coefficient (Wildman–Crippen LogP) is 1.94. The van der Waals surface area contributed by atoms with Crippen molar-refractivity contribution in [3.05, 3.63) is 11.7 Å². The van der Waals surface area contributed by atoms with Gasteiger partial charge in [-0.3, -0.25) is 4.79 Å². The van der Waals surface area contributed by atoms with Crippen LogP contribution >= 0.6 is 0 Å². The molecule has 1 aromatic heterocycles. The second-order valence-electron chi connectivity index (χ2n) is 6.31. The Morgan fingerprint density at radius 2 is 2.00 bits per heavy atom. The molecule has 0 unspecified atom stereocenters. The highest BCUT2D eigenvalue weighted by Crippen LogP contribution is 2.30. The van der Waals surface area contributed by atoms with E-state index in [1.807, 2.05) is 18.7 Å². The number of carbonyl (C=O) groups excluding carboxylic acids is 1. The van der Waals surface area contributed by atoms with Gasteiger partial charge in [-0.1, -0.05) is 19.0 Å². The second kappa shape index (κ2) is 6.13. The molecule has 1 aromatic rings. The van der Waals surface area contributed by atoms with Crippen molar-refractivity contribution in [3.63, 3.8) is 0 Å². The molecule has 0 N–H and O–H groups in total. The first-order valence-electron chi connectivity index (χ1n) is 7.85. The molecule has 2 aliphatic heterocycles. The van der Waals surface area contributed by atoms with Gasteiger partial charge in [0, 0.05) is 37.5 Å². The fourth-order valence-corrected chi connectivity index (χ4v) is 3.03. The molecular weight excluding hydrogens is 270 g/mol. The van der Waals surface area contributed by atoms with Crippen LogP contribution in [0.2, 0.25) is 0 Å². The maximum absolute atomic E-state index is 12.0. The van der Waals surface area contributed by atoms with Gasteiger partial charge in [0.2, 0.25) is 11.8 Å². The highest BCUT2D eigenvalue weighted by molar-refractivity contribution is 5.78. The van der Waals surface area contributed by atoms with Crippen molar-refractivity contribution in [1.82, 2.24) is 15.0 Å². The van der Waals surface area contributed by atoms with Crippen molar-refractivity contribution < 1.29 is 14.1 Å². The lowest BCUT2D eigenvalue weighted by Crippen LogP contribution is -2.40. The summed E-state index contributed by atoms with van der Waals surface area (Å²) in [6.07, 6.45) is 2.78. The van der Waals surface area contributed by atoms with Crippen LogP contribution in [0.25, 0.3) is 0 Å². The number of hydrogen-bond acceptors (Lipinski definition) is 5. The summed E-state index contributed by atoms with van der Waals surface area (Å²) in [6, 6.07) is 0. The fraction of sp³-hybridized carbons (Fsp3) is 0.800. The van der Waals surface area contributed by atoms with Gasteiger partial charge in [-0.25, -0.2) is 0 Å². The molecule has 21 heavy (non-hydrogen) atoms. The minimum atomic E-state index is 0.0684. The Bertz CT molecular complexity index is 486. The van der Waals surface area contributed by atoms with Crippen molar-refractivity contribution in [2.24, 2.45) is 5.92 Å². The van der Waals surface area contributed by atoms with Crippen molar-refractivity contribution in [3.8, 4) is 0 Å².